The molecule has 2 aromatic carbocycles. The average Bonchev–Trinajstić information content (AvgIpc) is 2.77. The van der Waals surface area contributed by atoms with E-state index in [0.29, 0.717) is 27.5 Å². The second kappa shape index (κ2) is 12.0. The summed E-state index contributed by atoms with van der Waals surface area (Å²) in [6.07, 6.45) is -3.91. The third-order valence-electron chi connectivity index (χ3n) is 5.23. The van der Waals surface area contributed by atoms with Crippen molar-refractivity contribution in [3.05, 3.63) is 64.7 Å². The first-order valence-corrected chi connectivity index (χ1v) is 13.3. The Hall–Kier alpha value is -2.79. The van der Waals surface area contributed by atoms with Gasteiger partial charge in [-0.3, -0.25) is 13.9 Å². The van der Waals surface area contributed by atoms with Crippen LogP contribution in [0.15, 0.2) is 48.5 Å². The summed E-state index contributed by atoms with van der Waals surface area (Å²) >= 11 is 6.05. The molecule has 0 saturated heterocycles. The number of alkyl halides is 3. The third kappa shape index (κ3) is 8.41. The van der Waals surface area contributed by atoms with Crippen LogP contribution in [-0.4, -0.2) is 50.5 Å². The summed E-state index contributed by atoms with van der Waals surface area (Å²) in [5.74, 6) is -1.08. The lowest BCUT2D eigenvalue weighted by molar-refractivity contribution is -0.139. The number of nitrogens with zero attached hydrogens (tertiary/aromatic N) is 2. The lowest BCUT2D eigenvalue weighted by Gasteiger charge is -2.31. The average molecular weight is 548 g/mol. The van der Waals surface area contributed by atoms with E-state index in [1.807, 2.05) is 13.8 Å². The molecular formula is C24H29ClF3N3O4S. The van der Waals surface area contributed by atoms with Gasteiger partial charge in [0.25, 0.3) is 0 Å². The Bertz CT molecular complexity index is 1190. The molecule has 7 nitrogen and oxygen atoms in total. The molecule has 0 spiro atoms. The maximum Gasteiger partial charge on any atom is 0.416 e. The highest BCUT2D eigenvalue weighted by Gasteiger charge is 2.33. The first kappa shape index (κ1) is 29.4. The topological polar surface area (TPSA) is 86.8 Å². The maximum atomic E-state index is 13.4. The Balaban J connectivity index is 2.42. The van der Waals surface area contributed by atoms with E-state index >= 15 is 0 Å². The van der Waals surface area contributed by atoms with Crippen LogP contribution < -0.4 is 9.62 Å². The monoisotopic (exact) mass is 547 g/mol. The SMILES string of the molecule is CC(C)CNC(=O)[C@H](C)N(Cc1cccc(Cl)c1)C(=O)CN(c1cccc(C(F)(F)F)c1)S(C)(=O)=O. The predicted molar refractivity (Wildman–Crippen MR) is 133 cm³/mol. The van der Waals surface area contributed by atoms with Gasteiger partial charge in [0.2, 0.25) is 21.8 Å². The standard InChI is InChI=1S/C24H29ClF3N3O4S/c1-16(2)13-29-23(33)17(3)30(14-18-7-5-9-20(25)11-18)22(32)15-31(36(4,34)35)21-10-6-8-19(12-21)24(26,27)28/h5-12,16-17H,13-15H2,1-4H3,(H,29,33)/t17-/m0/s1. The second-order valence-electron chi connectivity index (χ2n) is 8.78. The van der Waals surface area contributed by atoms with Gasteiger partial charge in [0.1, 0.15) is 12.6 Å². The normalized spacial score (nSPS) is 12.8. The van der Waals surface area contributed by atoms with E-state index in [1.165, 1.54) is 17.9 Å². The Kier molecular flexibility index (Phi) is 9.78. The van der Waals surface area contributed by atoms with Gasteiger partial charge in [-0.15, -0.1) is 0 Å². The van der Waals surface area contributed by atoms with Crippen molar-refractivity contribution < 1.29 is 31.2 Å². The highest BCUT2D eigenvalue weighted by atomic mass is 35.5. The summed E-state index contributed by atoms with van der Waals surface area (Å²) in [5.41, 5.74) is -0.789. The van der Waals surface area contributed by atoms with Gasteiger partial charge < -0.3 is 10.2 Å². The molecule has 12 heteroatoms. The van der Waals surface area contributed by atoms with Crippen LogP contribution in [0, 0.1) is 5.92 Å². The van der Waals surface area contributed by atoms with Crippen molar-refractivity contribution in [2.45, 2.75) is 39.5 Å². The number of benzene rings is 2. The largest absolute Gasteiger partial charge is 0.416 e. The summed E-state index contributed by atoms with van der Waals surface area (Å²) < 4.78 is 65.3. The molecule has 2 aromatic rings. The number of halogens is 4. The van der Waals surface area contributed by atoms with Crippen LogP contribution in [0.3, 0.4) is 0 Å². The molecule has 198 valence electrons. The van der Waals surface area contributed by atoms with Crippen LogP contribution in [-0.2, 0) is 32.3 Å². The zero-order chi connectivity index (χ0) is 27.3. The summed E-state index contributed by atoms with van der Waals surface area (Å²) in [4.78, 5) is 27.4. The van der Waals surface area contributed by atoms with Crippen LogP contribution in [0.4, 0.5) is 18.9 Å². The number of amides is 2. The summed E-state index contributed by atoms with van der Waals surface area (Å²) in [7, 11) is -4.16. The first-order valence-electron chi connectivity index (χ1n) is 11.1. The number of rotatable bonds is 10. The fraction of sp³-hybridized carbons (Fsp3) is 0.417. The van der Waals surface area contributed by atoms with Crippen molar-refractivity contribution in [1.29, 1.82) is 0 Å². The van der Waals surface area contributed by atoms with E-state index in [2.05, 4.69) is 5.32 Å². The van der Waals surface area contributed by atoms with Gasteiger partial charge in [-0.1, -0.05) is 43.6 Å². The van der Waals surface area contributed by atoms with E-state index in [9.17, 15) is 31.2 Å². The van der Waals surface area contributed by atoms with Crippen molar-refractivity contribution in [2.24, 2.45) is 5.92 Å². The number of anilines is 1. The molecule has 2 rings (SSSR count). The number of carbonyl (C=O) groups excluding carboxylic acids is 2. The number of nitrogens with one attached hydrogen (secondary N) is 1. The quantitative estimate of drug-likeness (QED) is 0.480. The van der Waals surface area contributed by atoms with Crippen molar-refractivity contribution in [1.82, 2.24) is 10.2 Å². The van der Waals surface area contributed by atoms with Gasteiger partial charge in [-0.25, -0.2) is 8.42 Å². The van der Waals surface area contributed by atoms with Crippen LogP contribution in [0.2, 0.25) is 5.02 Å². The molecular weight excluding hydrogens is 519 g/mol. The lowest BCUT2D eigenvalue weighted by Crippen LogP contribution is -2.51. The minimum atomic E-state index is -4.70. The Morgan fingerprint density at radius 3 is 2.25 bits per heavy atom. The Labute approximate surface area is 214 Å². The molecule has 2 amide bonds. The number of sulfonamides is 1. The molecule has 0 radical (unpaired) electrons. The van der Waals surface area contributed by atoms with Crippen LogP contribution >= 0.6 is 11.6 Å². The predicted octanol–water partition coefficient (Wildman–Crippen LogP) is 4.31. The van der Waals surface area contributed by atoms with Crippen LogP contribution in [0.5, 0.6) is 0 Å². The number of hydrogen-bond acceptors (Lipinski definition) is 4. The lowest BCUT2D eigenvalue weighted by atomic mass is 10.1. The number of hydrogen-bond donors (Lipinski definition) is 1. The molecule has 1 atom stereocenters. The zero-order valence-electron chi connectivity index (χ0n) is 20.3. The van der Waals surface area contributed by atoms with Crippen LogP contribution in [0.25, 0.3) is 0 Å². The fourth-order valence-corrected chi connectivity index (χ4v) is 4.37. The highest BCUT2D eigenvalue weighted by Crippen LogP contribution is 2.32. The molecule has 0 heterocycles. The molecule has 0 aliphatic heterocycles. The summed E-state index contributed by atoms with van der Waals surface area (Å²) in [6.45, 7) is 4.78. The Morgan fingerprint density at radius 2 is 1.69 bits per heavy atom. The maximum absolute atomic E-state index is 13.4. The van der Waals surface area contributed by atoms with E-state index in [1.54, 1.807) is 24.3 Å². The second-order valence-corrected chi connectivity index (χ2v) is 11.1. The Morgan fingerprint density at radius 1 is 1.06 bits per heavy atom. The molecule has 0 unspecified atom stereocenters. The summed E-state index contributed by atoms with van der Waals surface area (Å²) in [6, 6.07) is 9.28. The molecule has 0 bridgehead atoms. The number of carbonyl (C=O) groups is 2. The van der Waals surface area contributed by atoms with Gasteiger partial charge in [-0.05, 0) is 48.7 Å². The van der Waals surface area contributed by atoms with Gasteiger partial charge in [0.05, 0.1) is 17.5 Å². The van der Waals surface area contributed by atoms with E-state index in [4.69, 9.17) is 11.6 Å². The third-order valence-corrected chi connectivity index (χ3v) is 6.61. The zero-order valence-corrected chi connectivity index (χ0v) is 21.9. The van der Waals surface area contributed by atoms with Gasteiger partial charge in [-0.2, -0.15) is 13.2 Å². The highest BCUT2D eigenvalue weighted by molar-refractivity contribution is 7.92. The van der Waals surface area contributed by atoms with Crippen molar-refractivity contribution in [3.63, 3.8) is 0 Å². The van der Waals surface area contributed by atoms with Crippen molar-refractivity contribution in [3.8, 4) is 0 Å². The molecule has 0 fully saturated rings. The van der Waals surface area contributed by atoms with E-state index in [0.717, 1.165) is 18.4 Å². The van der Waals surface area contributed by atoms with Crippen molar-refractivity contribution in [2.75, 3.05) is 23.7 Å². The van der Waals surface area contributed by atoms with Gasteiger partial charge >= 0.3 is 6.18 Å². The molecule has 0 aliphatic carbocycles. The minimum Gasteiger partial charge on any atom is -0.354 e. The smallest absolute Gasteiger partial charge is 0.354 e. The first-order chi connectivity index (χ1) is 16.6. The van der Waals surface area contributed by atoms with E-state index in [-0.39, 0.29) is 18.2 Å². The molecule has 0 saturated carbocycles. The molecule has 36 heavy (non-hydrogen) atoms. The summed E-state index contributed by atoms with van der Waals surface area (Å²) in [5, 5.41) is 3.14. The van der Waals surface area contributed by atoms with Gasteiger partial charge in [0, 0.05) is 18.1 Å². The molecule has 0 aromatic heterocycles. The van der Waals surface area contributed by atoms with Crippen molar-refractivity contribution >= 4 is 39.1 Å². The van der Waals surface area contributed by atoms with Gasteiger partial charge in [0.15, 0.2) is 0 Å². The molecule has 0 aliphatic rings. The molecule has 1 N–H and O–H groups in total. The van der Waals surface area contributed by atoms with Crippen LogP contribution in [0.1, 0.15) is 31.9 Å². The minimum absolute atomic E-state index is 0.0736. The fourth-order valence-electron chi connectivity index (χ4n) is 3.32. The van der Waals surface area contributed by atoms with E-state index < -0.39 is 46.2 Å².